The highest BCUT2D eigenvalue weighted by Crippen LogP contribution is 2.30. The first kappa shape index (κ1) is 22.0. The van der Waals surface area contributed by atoms with Gasteiger partial charge in [-0.1, -0.05) is 29.8 Å². The van der Waals surface area contributed by atoms with Gasteiger partial charge in [-0.15, -0.1) is 11.3 Å². The summed E-state index contributed by atoms with van der Waals surface area (Å²) in [6, 6.07) is 7.86. The second kappa shape index (κ2) is 9.90. The maximum atomic E-state index is 13.0. The van der Waals surface area contributed by atoms with Gasteiger partial charge in [-0.05, 0) is 12.5 Å². The number of carbonyl (C=O) groups is 1. The van der Waals surface area contributed by atoms with E-state index in [1.165, 1.54) is 29.3 Å². The number of thiophene rings is 1. The Labute approximate surface area is 176 Å². The van der Waals surface area contributed by atoms with E-state index in [-0.39, 0.29) is 31.7 Å². The first-order valence-corrected chi connectivity index (χ1v) is 10.4. The Kier molecular flexibility index (Phi) is 7.28. The molecule has 30 heavy (non-hydrogen) atoms. The molecule has 6 nitrogen and oxygen atoms in total. The molecule has 0 aliphatic rings. The van der Waals surface area contributed by atoms with Gasteiger partial charge in [0.05, 0.1) is 24.9 Å². The van der Waals surface area contributed by atoms with Crippen LogP contribution in [-0.4, -0.2) is 53.6 Å². The number of hydrogen-bond donors (Lipinski definition) is 0. The predicted octanol–water partition coefficient (Wildman–Crippen LogP) is 3.56. The fourth-order valence-corrected chi connectivity index (χ4v) is 4.04. The summed E-state index contributed by atoms with van der Waals surface area (Å²) in [4.78, 5) is 31.5. The van der Waals surface area contributed by atoms with E-state index in [4.69, 9.17) is 4.74 Å². The van der Waals surface area contributed by atoms with Crippen LogP contribution >= 0.6 is 11.3 Å². The lowest BCUT2D eigenvalue weighted by Gasteiger charge is -2.22. The number of aryl methyl sites for hydroxylation is 2. The SMILES string of the molecule is COCCN(CC(F)F)C(=O)CCn1cnc2scc(-c3ccc(C)cc3)c2c1=O. The summed E-state index contributed by atoms with van der Waals surface area (Å²) in [5, 5.41) is 2.40. The van der Waals surface area contributed by atoms with Crippen molar-refractivity contribution in [2.24, 2.45) is 0 Å². The number of alkyl halides is 2. The van der Waals surface area contributed by atoms with Gasteiger partial charge >= 0.3 is 0 Å². The number of nitrogens with zero attached hydrogens (tertiary/aromatic N) is 3. The van der Waals surface area contributed by atoms with Crippen LogP contribution in [0.15, 0.2) is 40.8 Å². The van der Waals surface area contributed by atoms with E-state index in [1.807, 2.05) is 36.6 Å². The lowest BCUT2D eigenvalue weighted by molar-refractivity contribution is -0.134. The van der Waals surface area contributed by atoms with Crippen molar-refractivity contribution in [1.29, 1.82) is 0 Å². The van der Waals surface area contributed by atoms with Gasteiger partial charge in [-0.25, -0.2) is 13.8 Å². The molecule has 160 valence electrons. The standard InChI is InChI=1S/C21H23F2N3O3S/c1-14-3-5-15(6-4-14)16-12-30-20-19(16)21(28)26(13-24-20)8-7-18(27)25(9-10-29-2)11-17(22)23/h3-6,12-13,17H,7-11H2,1-2H3. The Hall–Kier alpha value is -2.65. The van der Waals surface area contributed by atoms with E-state index in [0.717, 1.165) is 21.6 Å². The maximum absolute atomic E-state index is 13.0. The molecule has 3 rings (SSSR count). The van der Waals surface area contributed by atoms with Crippen LogP contribution in [0.25, 0.3) is 21.3 Å². The molecule has 0 bridgehead atoms. The average molecular weight is 435 g/mol. The topological polar surface area (TPSA) is 64.4 Å². The number of fused-ring (bicyclic) bond motifs is 1. The molecular weight excluding hydrogens is 412 g/mol. The van der Waals surface area contributed by atoms with E-state index in [0.29, 0.717) is 10.2 Å². The lowest BCUT2D eigenvalue weighted by atomic mass is 10.1. The van der Waals surface area contributed by atoms with Crippen molar-refractivity contribution in [3.05, 3.63) is 51.9 Å². The summed E-state index contributed by atoms with van der Waals surface area (Å²) in [7, 11) is 1.44. The van der Waals surface area contributed by atoms with E-state index in [1.54, 1.807) is 0 Å². The van der Waals surface area contributed by atoms with Crippen LogP contribution in [0, 0.1) is 6.92 Å². The largest absolute Gasteiger partial charge is 0.383 e. The molecule has 3 aromatic rings. The summed E-state index contributed by atoms with van der Waals surface area (Å²) in [5.41, 5.74) is 2.59. The third kappa shape index (κ3) is 5.09. The van der Waals surface area contributed by atoms with Gasteiger partial charge in [-0.2, -0.15) is 0 Å². The molecule has 9 heteroatoms. The Morgan fingerprint density at radius 2 is 2.03 bits per heavy atom. The van der Waals surface area contributed by atoms with Crippen LogP contribution in [0.3, 0.4) is 0 Å². The van der Waals surface area contributed by atoms with Crippen molar-refractivity contribution in [1.82, 2.24) is 14.5 Å². The average Bonchev–Trinajstić information content (AvgIpc) is 3.15. The van der Waals surface area contributed by atoms with Crippen LogP contribution in [-0.2, 0) is 16.1 Å². The first-order chi connectivity index (χ1) is 14.4. The molecule has 0 radical (unpaired) electrons. The quantitative estimate of drug-likeness (QED) is 0.516. The van der Waals surface area contributed by atoms with E-state index in [2.05, 4.69) is 4.98 Å². The molecule has 0 N–H and O–H groups in total. The molecule has 0 fully saturated rings. The smallest absolute Gasteiger partial charge is 0.262 e. The molecule has 2 aromatic heterocycles. The van der Waals surface area contributed by atoms with Gasteiger partial charge in [-0.3, -0.25) is 14.2 Å². The monoisotopic (exact) mass is 435 g/mol. The van der Waals surface area contributed by atoms with Crippen LogP contribution < -0.4 is 5.56 Å². The molecule has 1 amide bonds. The zero-order valence-electron chi connectivity index (χ0n) is 16.8. The number of carbonyl (C=O) groups excluding carboxylic acids is 1. The molecule has 0 spiro atoms. The first-order valence-electron chi connectivity index (χ1n) is 9.49. The van der Waals surface area contributed by atoms with E-state index < -0.39 is 18.9 Å². The van der Waals surface area contributed by atoms with Gasteiger partial charge < -0.3 is 9.64 Å². The summed E-state index contributed by atoms with van der Waals surface area (Å²) in [5.74, 6) is -0.455. The van der Waals surface area contributed by atoms with Crippen molar-refractivity contribution >= 4 is 27.5 Å². The Bertz CT molecular complexity index is 1060. The second-order valence-electron chi connectivity index (χ2n) is 6.91. The molecule has 0 atom stereocenters. The zero-order valence-corrected chi connectivity index (χ0v) is 17.6. The minimum absolute atomic E-state index is 0.0660. The number of ether oxygens (including phenoxy) is 1. The van der Waals surface area contributed by atoms with Gasteiger partial charge in [0, 0.05) is 37.6 Å². The van der Waals surface area contributed by atoms with Crippen LogP contribution in [0.1, 0.15) is 12.0 Å². The van der Waals surface area contributed by atoms with Gasteiger partial charge in [0.2, 0.25) is 5.91 Å². The number of methoxy groups -OCH3 is 1. The zero-order chi connectivity index (χ0) is 21.7. The number of halogens is 2. The Morgan fingerprint density at radius 3 is 2.70 bits per heavy atom. The predicted molar refractivity (Wildman–Crippen MR) is 113 cm³/mol. The van der Waals surface area contributed by atoms with Crippen LogP contribution in [0.5, 0.6) is 0 Å². The lowest BCUT2D eigenvalue weighted by Crippen LogP contribution is -2.38. The molecule has 0 unspecified atom stereocenters. The third-order valence-electron chi connectivity index (χ3n) is 4.77. The van der Waals surface area contributed by atoms with Crippen molar-refractivity contribution in [2.45, 2.75) is 26.3 Å². The molecule has 0 saturated carbocycles. The number of hydrogen-bond acceptors (Lipinski definition) is 5. The molecule has 2 heterocycles. The Morgan fingerprint density at radius 1 is 1.30 bits per heavy atom. The summed E-state index contributed by atoms with van der Waals surface area (Å²) in [6.45, 7) is 1.65. The normalized spacial score (nSPS) is 11.4. The molecule has 0 aliphatic carbocycles. The molecular formula is C21H23F2N3O3S. The minimum atomic E-state index is -2.63. The van der Waals surface area contributed by atoms with Crippen molar-refractivity contribution < 1.29 is 18.3 Å². The van der Waals surface area contributed by atoms with Crippen LogP contribution in [0.4, 0.5) is 8.78 Å². The highest BCUT2D eigenvalue weighted by molar-refractivity contribution is 7.17. The van der Waals surface area contributed by atoms with Gasteiger partial charge in [0.15, 0.2) is 0 Å². The van der Waals surface area contributed by atoms with E-state index >= 15 is 0 Å². The maximum Gasteiger partial charge on any atom is 0.262 e. The summed E-state index contributed by atoms with van der Waals surface area (Å²) >= 11 is 1.38. The number of amides is 1. The van der Waals surface area contributed by atoms with E-state index in [9.17, 15) is 18.4 Å². The number of aromatic nitrogens is 2. The third-order valence-corrected chi connectivity index (χ3v) is 5.65. The van der Waals surface area contributed by atoms with Crippen LogP contribution in [0.2, 0.25) is 0 Å². The van der Waals surface area contributed by atoms with Crippen molar-refractivity contribution in [2.75, 3.05) is 26.8 Å². The molecule has 0 aliphatic heterocycles. The molecule has 1 aromatic carbocycles. The summed E-state index contributed by atoms with van der Waals surface area (Å²) in [6.07, 6.45) is -1.30. The van der Waals surface area contributed by atoms with Crippen molar-refractivity contribution in [3.8, 4) is 11.1 Å². The van der Waals surface area contributed by atoms with Crippen molar-refractivity contribution in [3.63, 3.8) is 0 Å². The fraction of sp³-hybridized carbons (Fsp3) is 0.381. The highest BCUT2D eigenvalue weighted by Gasteiger charge is 2.19. The number of benzene rings is 1. The second-order valence-corrected chi connectivity index (χ2v) is 7.77. The Balaban J connectivity index is 1.82. The van der Waals surface area contributed by atoms with Gasteiger partial charge in [0.25, 0.3) is 12.0 Å². The minimum Gasteiger partial charge on any atom is -0.383 e. The summed E-state index contributed by atoms with van der Waals surface area (Å²) < 4.78 is 31.8. The van der Waals surface area contributed by atoms with Gasteiger partial charge in [0.1, 0.15) is 4.83 Å². The fourth-order valence-electron chi connectivity index (χ4n) is 3.13. The molecule has 0 saturated heterocycles. The highest BCUT2D eigenvalue weighted by atomic mass is 32.1. The number of rotatable bonds is 9.